The zero-order chi connectivity index (χ0) is 20.9. The van der Waals surface area contributed by atoms with E-state index in [1.54, 1.807) is 23.8 Å². The standard InChI is InChI=1S/C24H22N2O3S/c1-29-21-12-6-11-20(15-21)26-23(28)16-30-24(26)18-9-5-10-19(14-18)25-22(27)13-17-7-3-2-4-8-17/h2-12,14-15,24H,13,16H2,1H3,(H,25,27). The van der Waals surface area contributed by atoms with Gasteiger partial charge in [-0.2, -0.15) is 0 Å². The Morgan fingerprint density at radius 2 is 1.87 bits per heavy atom. The Bertz CT molecular complexity index is 1060. The van der Waals surface area contributed by atoms with E-state index in [9.17, 15) is 9.59 Å². The van der Waals surface area contributed by atoms with Gasteiger partial charge in [0.25, 0.3) is 0 Å². The van der Waals surface area contributed by atoms with Gasteiger partial charge < -0.3 is 10.1 Å². The first-order valence-electron chi connectivity index (χ1n) is 9.65. The van der Waals surface area contributed by atoms with E-state index < -0.39 is 0 Å². The summed E-state index contributed by atoms with van der Waals surface area (Å²) < 4.78 is 5.31. The van der Waals surface area contributed by atoms with Crippen LogP contribution in [0.25, 0.3) is 0 Å². The van der Waals surface area contributed by atoms with Gasteiger partial charge in [0.1, 0.15) is 11.1 Å². The van der Waals surface area contributed by atoms with Crippen molar-refractivity contribution < 1.29 is 14.3 Å². The predicted octanol–water partition coefficient (Wildman–Crippen LogP) is 4.66. The van der Waals surface area contributed by atoms with Crippen molar-refractivity contribution in [3.05, 3.63) is 90.0 Å². The van der Waals surface area contributed by atoms with Crippen LogP contribution < -0.4 is 15.0 Å². The van der Waals surface area contributed by atoms with Crippen molar-refractivity contribution >= 4 is 35.0 Å². The number of benzene rings is 3. The first kappa shape index (κ1) is 20.0. The zero-order valence-electron chi connectivity index (χ0n) is 16.6. The maximum Gasteiger partial charge on any atom is 0.238 e. The summed E-state index contributed by atoms with van der Waals surface area (Å²) in [5, 5.41) is 2.81. The summed E-state index contributed by atoms with van der Waals surface area (Å²) in [5.41, 5.74) is 3.45. The third kappa shape index (κ3) is 4.49. The summed E-state index contributed by atoms with van der Waals surface area (Å²) in [5.74, 6) is 1.10. The number of amides is 2. The minimum atomic E-state index is -0.157. The molecule has 1 fully saturated rings. The van der Waals surface area contributed by atoms with E-state index in [-0.39, 0.29) is 17.2 Å². The van der Waals surface area contributed by atoms with Gasteiger partial charge in [-0.05, 0) is 35.4 Å². The summed E-state index contributed by atoms with van der Waals surface area (Å²) in [6.07, 6.45) is 0.317. The molecule has 0 saturated carbocycles. The third-order valence-electron chi connectivity index (χ3n) is 4.86. The first-order valence-corrected chi connectivity index (χ1v) is 10.7. The van der Waals surface area contributed by atoms with Crippen molar-refractivity contribution in [3.63, 3.8) is 0 Å². The van der Waals surface area contributed by atoms with Gasteiger partial charge in [-0.25, -0.2) is 0 Å². The number of ether oxygens (including phenoxy) is 1. The second-order valence-electron chi connectivity index (χ2n) is 6.96. The number of nitrogens with one attached hydrogen (secondary N) is 1. The molecule has 4 rings (SSSR count). The van der Waals surface area contributed by atoms with Crippen LogP contribution in [0.1, 0.15) is 16.5 Å². The van der Waals surface area contributed by atoms with Gasteiger partial charge >= 0.3 is 0 Å². The molecule has 30 heavy (non-hydrogen) atoms. The third-order valence-corrected chi connectivity index (χ3v) is 6.07. The molecular weight excluding hydrogens is 396 g/mol. The van der Waals surface area contributed by atoms with Gasteiger partial charge in [0.05, 0.1) is 19.3 Å². The lowest BCUT2D eigenvalue weighted by Crippen LogP contribution is -2.27. The number of carbonyl (C=O) groups excluding carboxylic acids is 2. The molecule has 0 spiro atoms. The Balaban J connectivity index is 1.53. The molecule has 5 nitrogen and oxygen atoms in total. The highest BCUT2D eigenvalue weighted by atomic mass is 32.2. The normalized spacial score (nSPS) is 15.8. The minimum absolute atomic E-state index is 0.0526. The summed E-state index contributed by atoms with van der Waals surface area (Å²) in [6, 6.07) is 24.8. The van der Waals surface area contributed by atoms with Crippen molar-refractivity contribution in [2.45, 2.75) is 11.8 Å². The molecule has 152 valence electrons. The highest BCUT2D eigenvalue weighted by Crippen LogP contribution is 2.42. The Hall–Kier alpha value is -3.25. The largest absolute Gasteiger partial charge is 0.497 e. The van der Waals surface area contributed by atoms with Gasteiger partial charge in [0, 0.05) is 17.4 Å². The molecule has 1 unspecified atom stereocenters. The van der Waals surface area contributed by atoms with Crippen LogP contribution in [0.2, 0.25) is 0 Å². The SMILES string of the molecule is COc1cccc(N2C(=O)CSC2c2cccc(NC(=O)Cc3ccccc3)c2)c1. The topological polar surface area (TPSA) is 58.6 Å². The fourth-order valence-corrected chi connectivity index (χ4v) is 4.63. The summed E-state index contributed by atoms with van der Waals surface area (Å²) in [6.45, 7) is 0. The molecule has 6 heteroatoms. The second kappa shape index (κ2) is 9.05. The van der Waals surface area contributed by atoms with Crippen LogP contribution >= 0.6 is 11.8 Å². The number of nitrogens with zero attached hydrogens (tertiary/aromatic N) is 1. The molecule has 1 atom stereocenters. The van der Waals surface area contributed by atoms with Crippen LogP contribution in [0.3, 0.4) is 0 Å². The fraction of sp³-hybridized carbons (Fsp3) is 0.167. The van der Waals surface area contributed by atoms with Crippen molar-refractivity contribution in [3.8, 4) is 5.75 Å². The summed E-state index contributed by atoms with van der Waals surface area (Å²) in [4.78, 5) is 26.8. The predicted molar refractivity (Wildman–Crippen MR) is 121 cm³/mol. The number of rotatable bonds is 6. The van der Waals surface area contributed by atoms with Crippen LogP contribution in [-0.2, 0) is 16.0 Å². The van der Waals surface area contributed by atoms with Crippen molar-refractivity contribution in [1.29, 1.82) is 0 Å². The van der Waals surface area contributed by atoms with E-state index in [2.05, 4.69) is 5.32 Å². The molecule has 1 saturated heterocycles. The lowest BCUT2D eigenvalue weighted by Gasteiger charge is -2.25. The summed E-state index contributed by atoms with van der Waals surface area (Å²) >= 11 is 1.57. The van der Waals surface area contributed by atoms with Crippen molar-refractivity contribution in [1.82, 2.24) is 0 Å². The Labute approximate surface area is 180 Å². The summed E-state index contributed by atoms with van der Waals surface area (Å²) in [7, 11) is 1.61. The molecule has 0 radical (unpaired) electrons. The lowest BCUT2D eigenvalue weighted by molar-refractivity contribution is -0.116. The second-order valence-corrected chi connectivity index (χ2v) is 8.03. The number of anilines is 2. The van der Waals surface area contributed by atoms with E-state index in [1.165, 1.54) is 0 Å². The number of hydrogen-bond donors (Lipinski definition) is 1. The van der Waals surface area contributed by atoms with Crippen molar-refractivity contribution in [2.75, 3.05) is 23.1 Å². The Morgan fingerprint density at radius 1 is 1.07 bits per heavy atom. The minimum Gasteiger partial charge on any atom is -0.497 e. The van der Waals surface area contributed by atoms with Gasteiger partial charge in [-0.15, -0.1) is 11.8 Å². The van der Waals surface area contributed by atoms with Gasteiger partial charge in [-0.3, -0.25) is 14.5 Å². The van der Waals surface area contributed by atoms with Crippen molar-refractivity contribution in [2.24, 2.45) is 0 Å². The van der Waals surface area contributed by atoms with Gasteiger partial charge in [-0.1, -0.05) is 48.5 Å². The monoisotopic (exact) mass is 418 g/mol. The molecule has 2 amide bonds. The molecular formula is C24H22N2O3S. The number of carbonyl (C=O) groups is 2. The molecule has 1 N–H and O–H groups in total. The van der Waals surface area contributed by atoms with E-state index in [4.69, 9.17) is 4.74 Å². The Morgan fingerprint density at radius 3 is 2.67 bits per heavy atom. The number of hydrogen-bond acceptors (Lipinski definition) is 4. The van der Waals surface area contributed by atoms with E-state index >= 15 is 0 Å². The van der Waals surface area contributed by atoms with E-state index in [0.29, 0.717) is 17.9 Å². The van der Waals surface area contributed by atoms with Gasteiger partial charge in [0.2, 0.25) is 11.8 Å². The molecule has 0 aliphatic carbocycles. The molecule has 3 aromatic carbocycles. The molecule has 1 aliphatic rings. The molecule has 0 bridgehead atoms. The number of methoxy groups -OCH3 is 1. The van der Waals surface area contributed by atoms with Crippen LogP contribution in [-0.4, -0.2) is 24.7 Å². The maximum absolute atomic E-state index is 12.6. The quantitative estimate of drug-likeness (QED) is 0.633. The first-order chi connectivity index (χ1) is 14.6. The molecule has 1 heterocycles. The Kier molecular flexibility index (Phi) is 6.05. The average molecular weight is 419 g/mol. The van der Waals surface area contributed by atoms with Crippen LogP contribution in [0, 0.1) is 0 Å². The molecule has 1 aliphatic heterocycles. The highest BCUT2D eigenvalue weighted by Gasteiger charge is 2.34. The molecule has 3 aromatic rings. The molecule has 0 aromatic heterocycles. The van der Waals surface area contributed by atoms with Gasteiger partial charge in [0.15, 0.2) is 0 Å². The smallest absolute Gasteiger partial charge is 0.238 e. The maximum atomic E-state index is 12.6. The van der Waals surface area contributed by atoms with E-state index in [1.807, 2.05) is 78.9 Å². The van der Waals surface area contributed by atoms with Crippen LogP contribution in [0.4, 0.5) is 11.4 Å². The lowest BCUT2D eigenvalue weighted by atomic mass is 10.1. The highest BCUT2D eigenvalue weighted by molar-refractivity contribution is 8.00. The zero-order valence-corrected chi connectivity index (χ0v) is 17.4. The fourth-order valence-electron chi connectivity index (χ4n) is 3.47. The number of thioether (sulfide) groups is 1. The van der Waals surface area contributed by atoms with E-state index in [0.717, 1.165) is 22.5 Å². The average Bonchev–Trinajstić information content (AvgIpc) is 3.16. The van der Waals surface area contributed by atoms with Crippen LogP contribution in [0.15, 0.2) is 78.9 Å². The van der Waals surface area contributed by atoms with Crippen LogP contribution in [0.5, 0.6) is 5.75 Å².